The van der Waals surface area contributed by atoms with E-state index in [-0.39, 0.29) is 5.91 Å². The molecule has 1 aliphatic rings. The van der Waals surface area contributed by atoms with Crippen molar-refractivity contribution in [1.82, 2.24) is 4.90 Å². The number of methoxy groups -OCH3 is 2. The van der Waals surface area contributed by atoms with Crippen molar-refractivity contribution in [2.45, 2.75) is 6.61 Å². The number of thioether (sulfide) groups is 1. The summed E-state index contributed by atoms with van der Waals surface area (Å²) < 4.78 is 18.2. The lowest BCUT2D eigenvalue weighted by Crippen LogP contribution is -2.32. The van der Waals surface area contributed by atoms with Crippen LogP contribution in [0.4, 0.5) is 5.69 Å². The fourth-order valence-electron chi connectivity index (χ4n) is 3.36. The Morgan fingerprint density at radius 1 is 1.00 bits per heavy atom. The number of carbonyl (C=O) groups is 1. The summed E-state index contributed by atoms with van der Waals surface area (Å²) in [5.41, 5.74) is 2.69. The van der Waals surface area contributed by atoms with Gasteiger partial charge in [0.05, 0.1) is 35.3 Å². The Morgan fingerprint density at radius 2 is 1.75 bits per heavy atom. The molecule has 0 bridgehead atoms. The smallest absolute Gasteiger partial charge is 0.266 e. The molecule has 36 heavy (non-hydrogen) atoms. The number of ether oxygens (including phenoxy) is 3. The van der Waals surface area contributed by atoms with Crippen molar-refractivity contribution in [1.29, 1.82) is 0 Å². The van der Waals surface area contributed by atoms with E-state index in [1.807, 2.05) is 72.8 Å². The molecule has 1 aliphatic heterocycles. The standard InChI is InChI=1S/C27H24Br2N2O4S/c1-33-14-13-31-26(32)25(36-27(31)30-21-8-10-22(34-2)11-9-21)16-19-5-12-24(23(29)15-19)35-17-18-3-6-20(28)7-4-18/h3-12,15-16H,13-14,17H2,1-2H3/b25-16-,30-27?. The van der Waals surface area contributed by atoms with Gasteiger partial charge in [-0.05, 0) is 93.4 Å². The van der Waals surface area contributed by atoms with Gasteiger partial charge in [-0.3, -0.25) is 9.69 Å². The van der Waals surface area contributed by atoms with Crippen molar-refractivity contribution >= 4 is 66.5 Å². The summed E-state index contributed by atoms with van der Waals surface area (Å²) in [7, 11) is 3.23. The SMILES string of the molecule is COCCN1C(=O)/C(=C/c2ccc(OCc3ccc(Br)cc3)c(Br)c2)SC1=Nc1ccc(OC)cc1. The molecule has 186 valence electrons. The van der Waals surface area contributed by atoms with Gasteiger partial charge in [0, 0.05) is 11.6 Å². The molecule has 1 saturated heterocycles. The molecule has 0 atom stereocenters. The number of carbonyl (C=O) groups excluding carboxylic acids is 1. The number of halogens is 2. The van der Waals surface area contributed by atoms with Crippen LogP contribution in [-0.2, 0) is 16.1 Å². The highest BCUT2D eigenvalue weighted by Crippen LogP contribution is 2.35. The average molecular weight is 632 g/mol. The molecule has 0 N–H and O–H groups in total. The molecule has 0 saturated carbocycles. The van der Waals surface area contributed by atoms with Gasteiger partial charge in [-0.1, -0.05) is 34.1 Å². The largest absolute Gasteiger partial charge is 0.497 e. The molecule has 0 unspecified atom stereocenters. The molecule has 3 aromatic rings. The summed E-state index contributed by atoms with van der Waals surface area (Å²) in [5.74, 6) is 1.38. The number of benzene rings is 3. The molecule has 0 radical (unpaired) electrons. The molecule has 6 nitrogen and oxygen atoms in total. The van der Waals surface area contributed by atoms with Crippen LogP contribution in [0.1, 0.15) is 11.1 Å². The lowest BCUT2D eigenvalue weighted by molar-refractivity contribution is -0.122. The first-order valence-corrected chi connectivity index (χ1v) is 13.5. The van der Waals surface area contributed by atoms with Crippen LogP contribution in [0.5, 0.6) is 11.5 Å². The van der Waals surface area contributed by atoms with Crippen LogP contribution >= 0.6 is 43.6 Å². The summed E-state index contributed by atoms with van der Waals surface area (Å²) in [4.78, 5) is 20.1. The minimum absolute atomic E-state index is 0.101. The average Bonchev–Trinajstić information content (AvgIpc) is 3.17. The van der Waals surface area contributed by atoms with Crippen LogP contribution in [0.3, 0.4) is 0 Å². The van der Waals surface area contributed by atoms with Crippen molar-refractivity contribution in [3.8, 4) is 11.5 Å². The van der Waals surface area contributed by atoms with E-state index < -0.39 is 0 Å². The highest BCUT2D eigenvalue weighted by atomic mass is 79.9. The Labute approximate surface area is 231 Å². The predicted octanol–water partition coefficient (Wildman–Crippen LogP) is 7.05. The Morgan fingerprint density at radius 3 is 2.42 bits per heavy atom. The fourth-order valence-corrected chi connectivity index (χ4v) is 5.16. The Bertz CT molecular complexity index is 1280. The molecule has 1 amide bonds. The summed E-state index contributed by atoms with van der Waals surface area (Å²) in [5, 5.41) is 0.613. The van der Waals surface area contributed by atoms with Crippen LogP contribution in [-0.4, -0.2) is 43.3 Å². The van der Waals surface area contributed by atoms with Gasteiger partial charge in [-0.25, -0.2) is 4.99 Å². The number of hydrogen-bond donors (Lipinski definition) is 0. The zero-order valence-corrected chi connectivity index (χ0v) is 23.7. The quantitative estimate of drug-likeness (QED) is 0.237. The van der Waals surface area contributed by atoms with Crippen molar-refractivity contribution < 1.29 is 19.0 Å². The molecule has 0 aliphatic carbocycles. The molecule has 4 rings (SSSR count). The van der Waals surface area contributed by atoms with E-state index in [1.165, 1.54) is 11.8 Å². The van der Waals surface area contributed by atoms with Crippen LogP contribution < -0.4 is 9.47 Å². The zero-order valence-electron chi connectivity index (χ0n) is 19.7. The van der Waals surface area contributed by atoms with Gasteiger partial charge >= 0.3 is 0 Å². The maximum absolute atomic E-state index is 13.2. The number of aliphatic imine (C=N–C) groups is 1. The molecule has 1 heterocycles. The Balaban J connectivity index is 1.52. The van der Waals surface area contributed by atoms with E-state index in [9.17, 15) is 4.79 Å². The number of nitrogens with zero attached hydrogens (tertiary/aromatic N) is 2. The maximum atomic E-state index is 13.2. The first-order chi connectivity index (χ1) is 17.5. The van der Waals surface area contributed by atoms with Crippen molar-refractivity contribution in [3.63, 3.8) is 0 Å². The van der Waals surface area contributed by atoms with Gasteiger partial charge in [-0.2, -0.15) is 0 Å². The molecule has 9 heteroatoms. The predicted molar refractivity (Wildman–Crippen MR) is 152 cm³/mol. The molecule has 0 spiro atoms. The van der Waals surface area contributed by atoms with Gasteiger partial charge < -0.3 is 14.2 Å². The maximum Gasteiger partial charge on any atom is 0.266 e. The highest BCUT2D eigenvalue weighted by molar-refractivity contribution is 9.10. The number of amidine groups is 1. The lowest BCUT2D eigenvalue weighted by Gasteiger charge is -2.14. The third-order valence-electron chi connectivity index (χ3n) is 5.27. The highest BCUT2D eigenvalue weighted by Gasteiger charge is 2.33. The molecular weight excluding hydrogens is 608 g/mol. The molecular formula is C27H24Br2N2O4S. The van der Waals surface area contributed by atoms with Gasteiger partial charge in [-0.15, -0.1) is 0 Å². The summed E-state index contributed by atoms with van der Waals surface area (Å²) in [6.07, 6.45) is 1.87. The minimum atomic E-state index is -0.101. The summed E-state index contributed by atoms with van der Waals surface area (Å²) >= 11 is 8.38. The van der Waals surface area contributed by atoms with Gasteiger partial charge in [0.1, 0.15) is 18.1 Å². The molecule has 3 aromatic carbocycles. The van der Waals surface area contributed by atoms with E-state index in [4.69, 9.17) is 19.2 Å². The lowest BCUT2D eigenvalue weighted by atomic mass is 10.2. The van der Waals surface area contributed by atoms with Crippen LogP contribution in [0.2, 0.25) is 0 Å². The summed E-state index contributed by atoms with van der Waals surface area (Å²) in [6, 6.07) is 21.2. The molecule has 0 aromatic heterocycles. The topological polar surface area (TPSA) is 60.4 Å². The second kappa shape index (κ2) is 12.6. The van der Waals surface area contributed by atoms with E-state index >= 15 is 0 Å². The third-order valence-corrected chi connectivity index (χ3v) is 7.42. The Hall–Kier alpha value is -2.59. The van der Waals surface area contributed by atoms with E-state index in [0.717, 1.165) is 37.3 Å². The monoisotopic (exact) mass is 630 g/mol. The third kappa shape index (κ3) is 6.79. The van der Waals surface area contributed by atoms with E-state index in [2.05, 4.69) is 31.9 Å². The van der Waals surface area contributed by atoms with Crippen LogP contribution in [0.25, 0.3) is 6.08 Å². The van der Waals surface area contributed by atoms with Gasteiger partial charge in [0.2, 0.25) is 0 Å². The second-order valence-corrected chi connectivity index (χ2v) is 10.5. The summed E-state index contributed by atoms with van der Waals surface area (Å²) in [6.45, 7) is 1.29. The van der Waals surface area contributed by atoms with Crippen LogP contribution in [0.15, 0.2) is 85.6 Å². The normalized spacial score (nSPS) is 15.7. The second-order valence-electron chi connectivity index (χ2n) is 7.76. The Kier molecular flexibility index (Phi) is 9.25. The number of hydrogen-bond acceptors (Lipinski definition) is 6. The van der Waals surface area contributed by atoms with Crippen molar-refractivity contribution in [2.75, 3.05) is 27.4 Å². The first-order valence-electron chi connectivity index (χ1n) is 11.1. The molecule has 1 fully saturated rings. The van der Waals surface area contributed by atoms with E-state index in [0.29, 0.717) is 29.8 Å². The van der Waals surface area contributed by atoms with Gasteiger partial charge in [0.15, 0.2) is 5.17 Å². The van der Waals surface area contributed by atoms with Crippen LogP contribution in [0, 0.1) is 0 Å². The van der Waals surface area contributed by atoms with Gasteiger partial charge in [0.25, 0.3) is 5.91 Å². The van der Waals surface area contributed by atoms with Crippen molar-refractivity contribution in [2.24, 2.45) is 4.99 Å². The van der Waals surface area contributed by atoms with E-state index in [1.54, 1.807) is 19.1 Å². The zero-order chi connectivity index (χ0) is 25.5. The first kappa shape index (κ1) is 26.5. The number of amides is 1. The number of rotatable bonds is 9. The minimum Gasteiger partial charge on any atom is -0.497 e. The fraction of sp³-hybridized carbons (Fsp3) is 0.185. The van der Waals surface area contributed by atoms with Crippen molar-refractivity contribution in [3.05, 3.63) is 91.7 Å².